The van der Waals surface area contributed by atoms with Gasteiger partial charge in [-0.2, -0.15) is 0 Å². The number of carbonyl (C=O) groups excluding carboxylic acids is 1. The van der Waals surface area contributed by atoms with Crippen LogP contribution in [0.15, 0.2) is 17.5 Å². The maximum Gasteiger partial charge on any atom is 0.305 e. The molecule has 0 spiro atoms. The molecule has 21 heavy (non-hydrogen) atoms. The van der Waals surface area contributed by atoms with Gasteiger partial charge in [-0.1, -0.05) is 6.07 Å². The van der Waals surface area contributed by atoms with Crippen molar-refractivity contribution in [1.82, 2.24) is 4.72 Å². The van der Waals surface area contributed by atoms with Crippen molar-refractivity contribution in [3.8, 4) is 0 Å². The van der Waals surface area contributed by atoms with Gasteiger partial charge in [0.1, 0.15) is 0 Å². The Balaban J connectivity index is 2.59. The number of esters is 1. The molecule has 0 unspecified atom stereocenters. The Hall–Kier alpha value is -0.720. The number of hydrogen-bond donors (Lipinski definition) is 1. The summed E-state index contributed by atoms with van der Waals surface area (Å²) in [6, 6.07) is 4.03. The molecule has 120 valence electrons. The number of hydrogen-bond acceptors (Lipinski definition) is 4. The van der Waals surface area contributed by atoms with E-state index in [9.17, 15) is 9.00 Å². The summed E-state index contributed by atoms with van der Waals surface area (Å²) in [6.07, 6.45) is 1.89. The molecular weight excluding hydrogens is 306 g/mol. The van der Waals surface area contributed by atoms with Crippen molar-refractivity contribution in [3.63, 3.8) is 0 Å². The molecule has 0 aliphatic carbocycles. The highest BCUT2D eigenvalue weighted by Gasteiger charge is 2.24. The van der Waals surface area contributed by atoms with Gasteiger partial charge >= 0.3 is 5.97 Å². The lowest BCUT2D eigenvalue weighted by Gasteiger charge is -2.23. The first-order valence-corrected chi connectivity index (χ1v) is 9.24. The predicted molar refractivity (Wildman–Crippen MR) is 88.6 cm³/mol. The second kappa shape index (κ2) is 8.66. The van der Waals surface area contributed by atoms with E-state index < -0.39 is 11.0 Å². The van der Waals surface area contributed by atoms with Crippen LogP contribution in [0.4, 0.5) is 0 Å². The lowest BCUT2D eigenvalue weighted by atomic mass is 10.1. The van der Waals surface area contributed by atoms with Gasteiger partial charge in [-0.25, -0.2) is 8.93 Å². The molecule has 0 amide bonds. The van der Waals surface area contributed by atoms with Crippen LogP contribution in [0, 0.1) is 0 Å². The zero-order valence-electron chi connectivity index (χ0n) is 13.2. The SMILES string of the molecule is CCOC(=O)CCC[C@@H](N[S@](=O)C(C)(C)C)c1cccs1. The first-order chi connectivity index (χ1) is 9.84. The van der Waals surface area contributed by atoms with E-state index in [1.54, 1.807) is 18.3 Å². The van der Waals surface area contributed by atoms with E-state index in [0.29, 0.717) is 13.0 Å². The normalized spacial score (nSPS) is 14.7. The quantitative estimate of drug-likeness (QED) is 0.741. The lowest BCUT2D eigenvalue weighted by molar-refractivity contribution is -0.143. The first-order valence-electron chi connectivity index (χ1n) is 7.21. The van der Waals surface area contributed by atoms with Crippen molar-refractivity contribution in [2.24, 2.45) is 0 Å². The Labute approximate surface area is 133 Å². The lowest BCUT2D eigenvalue weighted by Crippen LogP contribution is -2.35. The molecule has 4 nitrogen and oxygen atoms in total. The molecule has 0 bridgehead atoms. The van der Waals surface area contributed by atoms with E-state index in [1.165, 1.54) is 0 Å². The minimum absolute atomic E-state index is 0.0134. The molecule has 0 saturated heterocycles. The smallest absolute Gasteiger partial charge is 0.305 e. The van der Waals surface area contributed by atoms with Crippen molar-refractivity contribution < 1.29 is 13.7 Å². The van der Waals surface area contributed by atoms with E-state index in [-0.39, 0.29) is 16.8 Å². The predicted octanol–water partition coefficient (Wildman–Crippen LogP) is 3.57. The maximum absolute atomic E-state index is 12.3. The standard InChI is InChI=1S/C15H25NO3S2/c1-5-19-14(17)10-6-8-12(13-9-7-11-20-13)16-21(18)15(2,3)4/h7,9,11-12,16H,5-6,8,10H2,1-4H3/t12-,21-/m1/s1. The zero-order valence-corrected chi connectivity index (χ0v) is 14.8. The van der Waals surface area contributed by atoms with Gasteiger partial charge < -0.3 is 4.74 Å². The van der Waals surface area contributed by atoms with Gasteiger partial charge in [0.2, 0.25) is 0 Å². The minimum Gasteiger partial charge on any atom is -0.466 e. The van der Waals surface area contributed by atoms with Gasteiger partial charge in [-0.05, 0) is 52.0 Å². The van der Waals surface area contributed by atoms with Crippen LogP contribution < -0.4 is 4.72 Å². The topological polar surface area (TPSA) is 55.4 Å². The molecule has 1 heterocycles. The molecule has 0 aliphatic heterocycles. The van der Waals surface area contributed by atoms with Crippen LogP contribution in [0.25, 0.3) is 0 Å². The van der Waals surface area contributed by atoms with E-state index in [4.69, 9.17) is 4.74 Å². The van der Waals surface area contributed by atoms with Crippen LogP contribution in [0.5, 0.6) is 0 Å². The van der Waals surface area contributed by atoms with Crippen molar-refractivity contribution >= 4 is 28.3 Å². The average molecular weight is 332 g/mol. The Morgan fingerprint density at radius 3 is 2.71 bits per heavy atom. The van der Waals surface area contributed by atoms with Gasteiger partial charge in [0.15, 0.2) is 0 Å². The summed E-state index contributed by atoms with van der Waals surface area (Å²) in [5, 5.41) is 2.01. The number of ether oxygens (including phenoxy) is 1. The largest absolute Gasteiger partial charge is 0.466 e. The second-order valence-electron chi connectivity index (χ2n) is 5.76. The molecule has 0 aromatic carbocycles. The molecule has 1 aromatic rings. The summed E-state index contributed by atoms with van der Waals surface area (Å²) in [4.78, 5) is 12.5. The van der Waals surface area contributed by atoms with Crippen molar-refractivity contribution in [2.45, 2.75) is 57.7 Å². The first kappa shape index (κ1) is 18.3. The molecule has 1 aromatic heterocycles. The van der Waals surface area contributed by atoms with Crippen molar-refractivity contribution in [1.29, 1.82) is 0 Å². The molecule has 0 radical (unpaired) electrons. The molecule has 1 N–H and O–H groups in total. The fourth-order valence-corrected chi connectivity index (χ4v) is 3.48. The summed E-state index contributed by atoms with van der Waals surface area (Å²) in [6.45, 7) is 8.06. The van der Waals surface area contributed by atoms with E-state index >= 15 is 0 Å². The molecule has 0 fully saturated rings. The fourth-order valence-electron chi connectivity index (χ4n) is 1.74. The van der Waals surface area contributed by atoms with Crippen LogP contribution >= 0.6 is 11.3 Å². The average Bonchev–Trinajstić information content (AvgIpc) is 2.90. The highest BCUT2D eigenvalue weighted by atomic mass is 32.2. The van der Waals surface area contributed by atoms with Gasteiger partial charge in [-0.3, -0.25) is 4.79 Å². The third-order valence-electron chi connectivity index (χ3n) is 2.87. The third kappa shape index (κ3) is 6.72. The number of carbonyl (C=O) groups is 1. The fraction of sp³-hybridized carbons (Fsp3) is 0.667. The van der Waals surface area contributed by atoms with Crippen LogP contribution in [0.2, 0.25) is 0 Å². The van der Waals surface area contributed by atoms with E-state index in [2.05, 4.69) is 4.72 Å². The maximum atomic E-state index is 12.3. The zero-order chi connectivity index (χ0) is 15.9. The van der Waals surface area contributed by atoms with Crippen LogP contribution in [-0.2, 0) is 20.5 Å². The molecule has 0 saturated carbocycles. The molecule has 1 rings (SSSR count). The van der Waals surface area contributed by atoms with Gasteiger partial charge in [0, 0.05) is 11.3 Å². The molecular formula is C15H25NO3S2. The van der Waals surface area contributed by atoms with Gasteiger partial charge in [0.25, 0.3) is 0 Å². The Kier molecular flexibility index (Phi) is 7.56. The van der Waals surface area contributed by atoms with Crippen LogP contribution in [0.1, 0.15) is 57.9 Å². The third-order valence-corrected chi connectivity index (χ3v) is 5.47. The van der Waals surface area contributed by atoms with Gasteiger partial charge in [-0.15, -0.1) is 11.3 Å². The van der Waals surface area contributed by atoms with E-state index in [0.717, 1.165) is 17.7 Å². The van der Waals surface area contributed by atoms with Crippen molar-refractivity contribution in [3.05, 3.63) is 22.4 Å². The summed E-state index contributed by atoms with van der Waals surface area (Å²) < 4.78 is 20.1. The summed E-state index contributed by atoms with van der Waals surface area (Å²) >= 11 is 1.64. The summed E-state index contributed by atoms with van der Waals surface area (Å²) in [7, 11) is -1.13. The summed E-state index contributed by atoms with van der Waals surface area (Å²) in [5.41, 5.74) is 0. The Bertz CT molecular complexity index is 452. The highest BCUT2D eigenvalue weighted by Crippen LogP contribution is 2.26. The highest BCUT2D eigenvalue weighted by molar-refractivity contribution is 7.84. The number of thiophene rings is 1. The number of rotatable bonds is 8. The van der Waals surface area contributed by atoms with E-state index in [1.807, 2.05) is 38.3 Å². The molecule has 6 heteroatoms. The molecule has 2 atom stereocenters. The summed E-state index contributed by atoms with van der Waals surface area (Å²) in [5.74, 6) is -0.167. The minimum atomic E-state index is -1.13. The van der Waals surface area contributed by atoms with Crippen LogP contribution in [0.3, 0.4) is 0 Å². The van der Waals surface area contributed by atoms with Gasteiger partial charge in [0.05, 0.1) is 28.4 Å². The van der Waals surface area contributed by atoms with Crippen LogP contribution in [-0.4, -0.2) is 21.5 Å². The second-order valence-corrected chi connectivity index (χ2v) is 8.74. The van der Waals surface area contributed by atoms with Crippen molar-refractivity contribution in [2.75, 3.05) is 6.61 Å². The number of nitrogens with one attached hydrogen (secondary N) is 1. The Morgan fingerprint density at radius 2 is 2.19 bits per heavy atom. The molecule has 0 aliphatic rings. The Morgan fingerprint density at radius 1 is 1.48 bits per heavy atom. The monoisotopic (exact) mass is 331 g/mol.